The Balaban J connectivity index is 0.000000248. The summed E-state index contributed by atoms with van der Waals surface area (Å²) in [5.41, 5.74) is 0.225. The molecule has 0 saturated carbocycles. The quantitative estimate of drug-likeness (QED) is 0.234. The number of nitrogens with zero attached hydrogens (tertiary/aromatic N) is 4. The maximum atomic E-state index is 12.7. The van der Waals surface area contributed by atoms with E-state index in [1.54, 1.807) is 0 Å². The fraction of sp³-hybridized carbons (Fsp3) is 0.0588. The van der Waals surface area contributed by atoms with Gasteiger partial charge in [-0.1, -0.05) is 12.1 Å². The predicted octanol–water partition coefficient (Wildman–Crippen LogP) is 2.94. The van der Waals surface area contributed by atoms with Crippen LogP contribution in [0.1, 0.15) is 5.56 Å². The van der Waals surface area contributed by atoms with Gasteiger partial charge < -0.3 is 15.2 Å². The van der Waals surface area contributed by atoms with Crippen LogP contribution in [0.25, 0.3) is 0 Å². The lowest BCUT2D eigenvalue weighted by molar-refractivity contribution is -0.606. The Morgan fingerprint density at radius 1 is 0.900 bits per heavy atom. The average Bonchev–Trinajstić information content (AvgIpc) is 2.67. The second kappa shape index (κ2) is 10.1. The van der Waals surface area contributed by atoms with E-state index in [9.17, 15) is 35.0 Å². The summed E-state index contributed by atoms with van der Waals surface area (Å²) < 4.78 is 19.0. The highest BCUT2D eigenvalue weighted by Gasteiger charge is 2.18. The molecule has 2 heterocycles. The summed E-state index contributed by atoms with van der Waals surface area (Å²) in [4.78, 5) is 19.7. The van der Waals surface area contributed by atoms with Crippen LogP contribution >= 0.6 is 15.9 Å². The van der Waals surface area contributed by atoms with Gasteiger partial charge in [0.15, 0.2) is 16.9 Å². The first-order valence-electron chi connectivity index (χ1n) is 7.94. The van der Waals surface area contributed by atoms with E-state index in [2.05, 4.69) is 15.9 Å². The number of halogens is 2. The van der Waals surface area contributed by atoms with Crippen LogP contribution in [0.3, 0.4) is 0 Å². The summed E-state index contributed by atoms with van der Waals surface area (Å²) in [5, 5.41) is 42.6. The van der Waals surface area contributed by atoms with Crippen LogP contribution in [-0.4, -0.2) is 9.85 Å². The molecule has 0 spiro atoms. The highest BCUT2D eigenvalue weighted by molar-refractivity contribution is 9.10. The number of rotatable bonds is 5. The van der Waals surface area contributed by atoms with Crippen LogP contribution in [-0.2, 0) is 6.61 Å². The topological polar surface area (TPSA) is 149 Å². The molecular weight excluding hydrogens is 471 g/mol. The predicted molar refractivity (Wildman–Crippen MR) is 103 cm³/mol. The molecule has 0 amide bonds. The first-order valence-corrected chi connectivity index (χ1v) is 8.74. The van der Waals surface area contributed by atoms with Gasteiger partial charge in [0.25, 0.3) is 11.4 Å². The molecule has 3 rings (SSSR count). The molecule has 11 nitrogen and oxygen atoms in total. The molecule has 0 N–H and O–H groups in total. The average molecular weight is 483 g/mol. The number of nitro groups is 2. The second-order valence-corrected chi connectivity index (χ2v) is 6.38. The van der Waals surface area contributed by atoms with Gasteiger partial charge in [0, 0.05) is 0 Å². The molecule has 0 aliphatic rings. The van der Waals surface area contributed by atoms with Gasteiger partial charge in [-0.25, -0.2) is 4.39 Å². The van der Waals surface area contributed by atoms with Gasteiger partial charge in [0.1, 0.15) is 12.4 Å². The van der Waals surface area contributed by atoms with Crippen LogP contribution in [0.4, 0.5) is 15.8 Å². The van der Waals surface area contributed by atoms with E-state index in [1.807, 2.05) is 0 Å². The van der Waals surface area contributed by atoms with Crippen LogP contribution in [0.5, 0.6) is 5.75 Å². The Labute approximate surface area is 176 Å². The lowest BCUT2D eigenvalue weighted by Gasteiger charge is -2.06. The molecule has 2 aromatic heterocycles. The van der Waals surface area contributed by atoms with Crippen LogP contribution in [0.15, 0.2) is 65.7 Å². The van der Waals surface area contributed by atoms with Gasteiger partial charge in [-0.3, -0.25) is 20.2 Å². The monoisotopic (exact) mass is 482 g/mol. The Morgan fingerprint density at radius 3 is 1.97 bits per heavy atom. The molecule has 0 bridgehead atoms. The van der Waals surface area contributed by atoms with Crippen molar-refractivity contribution in [2.24, 2.45) is 0 Å². The first kappa shape index (κ1) is 22.4. The Bertz CT molecular complexity index is 1070. The van der Waals surface area contributed by atoms with Gasteiger partial charge in [-0.2, -0.15) is 9.46 Å². The number of hydrogen-bond donors (Lipinski definition) is 0. The van der Waals surface area contributed by atoms with Crippen LogP contribution in [0, 0.1) is 36.5 Å². The minimum Gasteiger partial charge on any atom is -0.619 e. The van der Waals surface area contributed by atoms with E-state index in [1.165, 1.54) is 24.3 Å². The van der Waals surface area contributed by atoms with E-state index in [0.717, 1.165) is 36.9 Å². The van der Waals surface area contributed by atoms with Crippen molar-refractivity contribution in [3.8, 4) is 5.75 Å². The Morgan fingerprint density at radius 2 is 1.43 bits per heavy atom. The zero-order valence-electron chi connectivity index (χ0n) is 14.9. The molecule has 0 fully saturated rings. The van der Waals surface area contributed by atoms with Crippen molar-refractivity contribution in [2.75, 3.05) is 0 Å². The fourth-order valence-electron chi connectivity index (χ4n) is 2.05. The summed E-state index contributed by atoms with van der Waals surface area (Å²) >= 11 is 2.89. The molecule has 0 atom stereocenters. The van der Waals surface area contributed by atoms with Gasteiger partial charge in [0.05, 0.1) is 22.0 Å². The largest absolute Gasteiger partial charge is 0.619 e. The van der Waals surface area contributed by atoms with Gasteiger partial charge >= 0.3 is 5.69 Å². The molecule has 0 radical (unpaired) electrons. The Kier molecular flexibility index (Phi) is 7.52. The summed E-state index contributed by atoms with van der Waals surface area (Å²) in [5.74, 6) is -0.515. The summed E-state index contributed by atoms with van der Waals surface area (Å²) in [7, 11) is 0. The van der Waals surface area contributed by atoms with E-state index in [0.29, 0.717) is 15.0 Å². The molecule has 30 heavy (non-hydrogen) atoms. The minimum absolute atomic E-state index is 0.00509. The molecule has 1 aromatic carbocycles. The first-order chi connectivity index (χ1) is 14.2. The van der Waals surface area contributed by atoms with Crippen molar-refractivity contribution in [2.45, 2.75) is 6.61 Å². The third-order valence-corrected chi connectivity index (χ3v) is 4.05. The molecule has 0 unspecified atom stereocenters. The van der Waals surface area contributed by atoms with Crippen LogP contribution in [0.2, 0.25) is 0 Å². The number of ether oxygens (including phenoxy) is 1. The van der Waals surface area contributed by atoms with Gasteiger partial charge in [-0.05, 0) is 33.6 Å². The summed E-state index contributed by atoms with van der Waals surface area (Å²) in [6.07, 6.45) is 4.14. The molecule has 3 aromatic rings. The molecule has 0 aliphatic carbocycles. The van der Waals surface area contributed by atoms with E-state index in [4.69, 9.17) is 4.74 Å². The van der Waals surface area contributed by atoms with Crippen molar-refractivity contribution in [1.29, 1.82) is 0 Å². The van der Waals surface area contributed by atoms with E-state index < -0.39 is 9.85 Å². The minimum atomic E-state index is -0.639. The third kappa shape index (κ3) is 6.34. The van der Waals surface area contributed by atoms with Crippen molar-refractivity contribution < 1.29 is 28.4 Å². The van der Waals surface area contributed by atoms with Crippen LogP contribution < -0.4 is 14.2 Å². The number of benzene rings is 1. The van der Waals surface area contributed by atoms with Crippen molar-refractivity contribution in [3.63, 3.8) is 0 Å². The molecule has 0 saturated heterocycles. The summed E-state index contributed by atoms with van der Waals surface area (Å²) in [6.45, 7) is 0.00509. The zero-order valence-corrected chi connectivity index (χ0v) is 16.5. The molecule has 156 valence electrons. The SMILES string of the molecule is O=[N+]([O-])c1cc[n+]([O-])cc1Br.O=[N+]([O-])c1cc[n+]([O-])cc1OCc1ccc(F)cc1. The maximum absolute atomic E-state index is 12.7. The smallest absolute Gasteiger partial charge is 0.323 e. The van der Waals surface area contributed by atoms with E-state index >= 15 is 0 Å². The molecule has 0 aliphatic heterocycles. The highest BCUT2D eigenvalue weighted by Crippen LogP contribution is 2.25. The number of pyridine rings is 2. The highest BCUT2D eigenvalue weighted by atomic mass is 79.9. The van der Waals surface area contributed by atoms with Crippen molar-refractivity contribution in [3.05, 3.63) is 108 Å². The second-order valence-electron chi connectivity index (χ2n) is 5.52. The van der Waals surface area contributed by atoms with Crippen molar-refractivity contribution >= 4 is 27.3 Å². The normalized spacial score (nSPS) is 9.93. The lowest BCUT2D eigenvalue weighted by atomic mass is 10.2. The maximum Gasteiger partial charge on any atom is 0.323 e. The number of hydrogen-bond acceptors (Lipinski definition) is 7. The number of aromatic nitrogens is 2. The van der Waals surface area contributed by atoms with Gasteiger partial charge in [-0.15, -0.1) is 0 Å². The third-order valence-electron chi connectivity index (χ3n) is 3.44. The standard InChI is InChI=1S/C12H9FN2O4.C5H3BrN2O3/c13-10-3-1-9(2-4-10)8-19-12-7-14(16)6-5-11(12)15(17)18;6-4-3-7(9)2-1-5(4)8(10)11/h1-7H,8H2;1-3H. The van der Waals surface area contributed by atoms with E-state index in [-0.39, 0.29) is 34.0 Å². The summed E-state index contributed by atoms with van der Waals surface area (Å²) in [6, 6.07) is 7.70. The molecule has 13 heteroatoms. The fourth-order valence-corrected chi connectivity index (χ4v) is 2.53. The lowest BCUT2D eigenvalue weighted by Crippen LogP contribution is -2.24. The molecular formula is C17H12BrFN4O7. The van der Waals surface area contributed by atoms with Crippen molar-refractivity contribution in [1.82, 2.24) is 0 Å². The zero-order chi connectivity index (χ0) is 22.3. The van der Waals surface area contributed by atoms with Gasteiger partial charge in [0.2, 0.25) is 12.4 Å². The Hall–Kier alpha value is -3.87.